The van der Waals surface area contributed by atoms with E-state index >= 15 is 0 Å². The number of nitrogens with zero attached hydrogens (tertiary/aromatic N) is 1. The molecule has 2 unspecified atom stereocenters. The number of carboxylic acids is 1. The summed E-state index contributed by atoms with van der Waals surface area (Å²) < 4.78 is 11.2. The molecule has 1 aliphatic carbocycles. The highest BCUT2D eigenvalue weighted by atomic mass is 16.5. The standard InChI is InChI=1S/C27H32N2O6/c1-4-34-23-14-29(13-21(23)26(31)32)25(30)24(16(2)3)28-27(33)35-15-22-19-11-7-5-9-17(19)18-10-6-8-12-20(18)22/h5-12,16,21-24H,4,13-15H2,1-3H3,(H,28,33)(H,31,32)/t21?,23?,24-/m0/s1. The summed E-state index contributed by atoms with van der Waals surface area (Å²) in [6, 6.07) is 15.3. The van der Waals surface area contributed by atoms with E-state index in [0.29, 0.717) is 6.61 Å². The van der Waals surface area contributed by atoms with Gasteiger partial charge in [-0.1, -0.05) is 62.4 Å². The van der Waals surface area contributed by atoms with Gasteiger partial charge in [0.2, 0.25) is 5.91 Å². The van der Waals surface area contributed by atoms with Crippen molar-refractivity contribution in [1.29, 1.82) is 0 Å². The van der Waals surface area contributed by atoms with Crippen LogP contribution in [0.3, 0.4) is 0 Å². The lowest BCUT2D eigenvalue weighted by molar-refractivity contribution is -0.145. The Hall–Kier alpha value is -3.39. The summed E-state index contributed by atoms with van der Waals surface area (Å²) in [5.74, 6) is -2.41. The van der Waals surface area contributed by atoms with E-state index < -0.39 is 30.1 Å². The molecule has 1 aliphatic heterocycles. The number of carboxylic acid groups (broad SMARTS) is 1. The van der Waals surface area contributed by atoms with Crippen molar-refractivity contribution in [1.82, 2.24) is 10.2 Å². The lowest BCUT2D eigenvalue weighted by Crippen LogP contribution is -2.51. The number of hydrogen-bond acceptors (Lipinski definition) is 5. The van der Waals surface area contributed by atoms with Crippen molar-refractivity contribution in [2.24, 2.45) is 11.8 Å². The van der Waals surface area contributed by atoms with Crippen LogP contribution in [0.4, 0.5) is 4.79 Å². The Morgan fingerprint density at radius 2 is 1.63 bits per heavy atom. The molecule has 1 saturated heterocycles. The molecule has 8 heteroatoms. The molecule has 2 aromatic carbocycles. The van der Waals surface area contributed by atoms with Crippen molar-refractivity contribution in [3.63, 3.8) is 0 Å². The quantitative estimate of drug-likeness (QED) is 0.599. The number of fused-ring (bicyclic) bond motifs is 3. The van der Waals surface area contributed by atoms with Crippen molar-refractivity contribution in [3.05, 3.63) is 59.7 Å². The Balaban J connectivity index is 1.41. The number of rotatable bonds is 8. The first kappa shape index (κ1) is 24.7. The molecule has 35 heavy (non-hydrogen) atoms. The minimum Gasteiger partial charge on any atom is -0.481 e. The largest absolute Gasteiger partial charge is 0.481 e. The van der Waals surface area contributed by atoms with Crippen LogP contribution < -0.4 is 5.32 Å². The van der Waals surface area contributed by atoms with Gasteiger partial charge in [-0.05, 0) is 35.1 Å². The number of benzene rings is 2. The molecular formula is C27H32N2O6. The first-order chi connectivity index (χ1) is 16.8. The molecule has 2 amide bonds. The predicted molar refractivity (Wildman–Crippen MR) is 130 cm³/mol. The zero-order chi connectivity index (χ0) is 25.1. The second-order valence-corrected chi connectivity index (χ2v) is 9.37. The van der Waals surface area contributed by atoms with E-state index in [4.69, 9.17) is 9.47 Å². The highest BCUT2D eigenvalue weighted by Crippen LogP contribution is 2.44. The van der Waals surface area contributed by atoms with E-state index in [1.54, 1.807) is 6.92 Å². The number of likely N-dealkylation sites (tertiary alicyclic amines) is 1. The molecule has 8 nitrogen and oxygen atoms in total. The molecule has 2 N–H and O–H groups in total. The maximum atomic E-state index is 13.2. The molecule has 0 spiro atoms. The van der Waals surface area contributed by atoms with Crippen LogP contribution in [0.25, 0.3) is 11.1 Å². The Kier molecular flexibility index (Phi) is 7.40. The number of nitrogens with one attached hydrogen (secondary N) is 1. The Morgan fingerprint density at radius 1 is 1.03 bits per heavy atom. The highest BCUT2D eigenvalue weighted by molar-refractivity contribution is 5.87. The van der Waals surface area contributed by atoms with E-state index in [1.165, 1.54) is 4.90 Å². The summed E-state index contributed by atoms with van der Waals surface area (Å²) >= 11 is 0. The van der Waals surface area contributed by atoms with Gasteiger partial charge in [-0.25, -0.2) is 4.79 Å². The molecule has 2 aliphatic rings. The first-order valence-corrected chi connectivity index (χ1v) is 12.1. The fraction of sp³-hybridized carbons (Fsp3) is 0.444. The number of ether oxygens (including phenoxy) is 2. The molecule has 4 rings (SSSR count). The van der Waals surface area contributed by atoms with Gasteiger partial charge < -0.3 is 24.8 Å². The average molecular weight is 481 g/mol. The predicted octanol–water partition coefficient (Wildman–Crippen LogP) is 3.50. The van der Waals surface area contributed by atoms with Crippen LogP contribution in [0.5, 0.6) is 0 Å². The fourth-order valence-corrected chi connectivity index (χ4v) is 5.05. The van der Waals surface area contributed by atoms with Gasteiger partial charge in [-0.3, -0.25) is 9.59 Å². The van der Waals surface area contributed by atoms with Gasteiger partial charge in [0.25, 0.3) is 0 Å². The first-order valence-electron chi connectivity index (χ1n) is 12.1. The third kappa shape index (κ3) is 5.03. The van der Waals surface area contributed by atoms with Gasteiger partial charge in [0.15, 0.2) is 0 Å². The zero-order valence-corrected chi connectivity index (χ0v) is 20.3. The van der Waals surface area contributed by atoms with Crippen LogP contribution in [0.2, 0.25) is 0 Å². The molecule has 186 valence electrons. The van der Waals surface area contributed by atoms with Gasteiger partial charge in [0.05, 0.1) is 6.10 Å². The molecule has 1 heterocycles. The minimum atomic E-state index is -0.996. The zero-order valence-electron chi connectivity index (χ0n) is 20.3. The van der Waals surface area contributed by atoms with E-state index in [9.17, 15) is 19.5 Å². The third-order valence-corrected chi connectivity index (χ3v) is 6.83. The van der Waals surface area contributed by atoms with Crippen LogP contribution in [-0.4, -0.2) is 66.4 Å². The highest BCUT2D eigenvalue weighted by Gasteiger charge is 2.42. The van der Waals surface area contributed by atoms with Crippen LogP contribution in [0.1, 0.15) is 37.8 Å². The van der Waals surface area contributed by atoms with Gasteiger partial charge in [0, 0.05) is 25.6 Å². The van der Waals surface area contributed by atoms with E-state index in [2.05, 4.69) is 17.4 Å². The van der Waals surface area contributed by atoms with Gasteiger partial charge in [-0.15, -0.1) is 0 Å². The Bertz CT molecular complexity index is 1060. The van der Waals surface area contributed by atoms with Gasteiger partial charge in [0.1, 0.15) is 18.6 Å². The van der Waals surface area contributed by atoms with E-state index in [0.717, 1.165) is 22.3 Å². The molecule has 0 saturated carbocycles. The normalized spacial score (nSPS) is 19.8. The number of carbonyl (C=O) groups is 3. The van der Waals surface area contributed by atoms with Crippen molar-refractivity contribution < 1.29 is 29.0 Å². The number of aliphatic carboxylic acids is 1. The molecular weight excluding hydrogens is 448 g/mol. The van der Waals surface area contributed by atoms with Crippen LogP contribution >= 0.6 is 0 Å². The second-order valence-electron chi connectivity index (χ2n) is 9.37. The molecule has 1 fully saturated rings. The topological polar surface area (TPSA) is 105 Å². The molecule has 0 bridgehead atoms. The Morgan fingerprint density at radius 3 is 2.17 bits per heavy atom. The average Bonchev–Trinajstić information content (AvgIpc) is 3.40. The summed E-state index contributed by atoms with van der Waals surface area (Å²) in [7, 11) is 0. The lowest BCUT2D eigenvalue weighted by atomic mass is 9.98. The lowest BCUT2D eigenvalue weighted by Gasteiger charge is -2.27. The monoisotopic (exact) mass is 480 g/mol. The smallest absolute Gasteiger partial charge is 0.407 e. The third-order valence-electron chi connectivity index (χ3n) is 6.83. The number of carbonyl (C=O) groups excluding carboxylic acids is 2. The maximum absolute atomic E-state index is 13.2. The molecule has 0 aromatic heterocycles. The van der Waals surface area contributed by atoms with Crippen LogP contribution in [0, 0.1) is 11.8 Å². The van der Waals surface area contributed by atoms with Crippen molar-refractivity contribution in [2.45, 2.75) is 38.8 Å². The van der Waals surface area contributed by atoms with Gasteiger partial charge >= 0.3 is 12.1 Å². The van der Waals surface area contributed by atoms with Crippen molar-refractivity contribution in [2.75, 3.05) is 26.3 Å². The maximum Gasteiger partial charge on any atom is 0.407 e. The van der Waals surface area contributed by atoms with Crippen molar-refractivity contribution >= 4 is 18.0 Å². The fourth-order valence-electron chi connectivity index (χ4n) is 5.05. The molecule has 3 atom stereocenters. The molecule has 0 radical (unpaired) electrons. The SMILES string of the molecule is CCOC1CN(C(=O)[C@@H](NC(=O)OCC2c3ccccc3-c3ccccc32)C(C)C)CC1C(=O)O. The second kappa shape index (κ2) is 10.5. The van der Waals surface area contributed by atoms with Crippen molar-refractivity contribution in [3.8, 4) is 11.1 Å². The summed E-state index contributed by atoms with van der Waals surface area (Å²) in [5, 5.41) is 12.2. The minimum absolute atomic E-state index is 0.0500. The summed E-state index contributed by atoms with van der Waals surface area (Å²) in [6.07, 6.45) is -1.24. The van der Waals surface area contributed by atoms with Crippen LogP contribution in [-0.2, 0) is 19.1 Å². The van der Waals surface area contributed by atoms with Gasteiger partial charge in [-0.2, -0.15) is 0 Å². The summed E-state index contributed by atoms with van der Waals surface area (Å²) in [5.41, 5.74) is 4.49. The van der Waals surface area contributed by atoms with Crippen LogP contribution in [0.15, 0.2) is 48.5 Å². The van der Waals surface area contributed by atoms with E-state index in [-0.39, 0.29) is 37.4 Å². The number of hydrogen-bond donors (Lipinski definition) is 2. The number of alkyl carbamates (subject to hydrolysis) is 1. The molecule has 2 aromatic rings. The summed E-state index contributed by atoms with van der Waals surface area (Å²) in [4.78, 5) is 39.1. The Labute approximate surface area is 205 Å². The van der Waals surface area contributed by atoms with E-state index in [1.807, 2.05) is 50.2 Å². The summed E-state index contributed by atoms with van der Waals surface area (Å²) in [6.45, 7) is 6.19. The number of amides is 2.